The lowest BCUT2D eigenvalue weighted by Gasteiger charge is -2.38. The van der Waals surface area contributed by atoms with Crippen LogP contribution in [0.15, 0.2) is 24.3 Å². The number of carbonyl (C=O) groups excluding carboxylic acids is 1. The summed E-state index contributed by atoms with van der Waals surface area (Å²) in [6.07, 6.45) is 0. The summed E-state index contributed by atoms with van der Waals surface area (Å²) in [5.74, 6) is 0. The van der Waals surface area contributed by atoms with Crippen molar-refractivity contribution in [2.75, 3.05) is 44.2 Å². The molecule has 120 valence electrons. The van der Waals surface area contributed by atoms with Crippen molar-refractivity contribution in [3.63, 3.8) is 0 Å². The van der Waals surface area contributed by atoms with E-state index in [2.05, 4.69) is 4.90 Å². The first kappa shape index (κ1) is 16.1. The Balaban J connectivity index is 1.94. The number of benzene rings is 1. The minimum absolute atomic E-state index is 0.0911. The maximum absolute atomic E-state index is 12.3. The van der Waals surface area contributed by atoms with Crippen molar-refractivity contribution in [3.8, 4) is 0 Å². The highest BCUT2D eigenvalue weighted by molar-refractivity contribution is 5.74. The predicted octanol–water partition coefficient (Wildman–Crippen LogP) is 2.18. The molecule has 0 saturated carbocycles. The van der Waals surface area contributed by atoms with Gasteiger partial charge in [-0.1, -0.05) is 0 Å². The molecule has 2 amide bonds. The number of non-ortho nitro benzene ring substituents is 1. The van der Waals surface area contributed by atoms with Gasteiger partial charge in [-0.15, -0.1) is 0 Å². The molecule has 1 aromatic carbocycles. The Bertz CT molecular complexity index is 520. The molecule has 1 saturated heterocycles. The summed E-state index contributed by atoms with van der Waals surface area (Å²) in [4.78, 5) is 28.4. The number of urea groups is 1. The zero-order chi connectivity index (χ0) is 16.1. The van der Waals surface area contributed by atoms with Crippen molar-refractivity contribution in [1.29, 1.82) is 0 Å². The number of nitro benzene ring substituents is 1. The van der Waals surface area contributed by atoms with E-state index < -0.39 is 4.92 Å². The smallest absolute Gasteiger partial charge is 0.320 e. The summed E-state index contributed by atoms with van der Waals surface area (Å²) in [6, 6.07) is 6.65. The van der Waals surface area contributed by atoms with Crippen molar-refractivity contribution in [3.05, 3.63) is 34.4 Å². The molecule has 7 heteroatoms. The monoisotopic (exact) mass is 306 g/mol. The minimum atomic E-state index is -0.398. The molecule has 0 bridgehead atoms. The number of nitrogens with zero attached hydrogens (tertiary/aromatic N) is 4. The van der Waals surface area contributed by atoms with Crippen LogP contribution in [0, 0.1) is 10.1 Å². The maximum atomic E-state index is 12.3. The second-order valence-electron chi connectivity index (χ2n) is 5.20. The Hall–Kier alpha value is -2.31. The van der Waals surface area contributed by atoms with E-state index in [4.69, 9.17) is 0 Å². The van der Waals surface area contributed by atoms with Gasteiger partial charge < -0.3 is 14.7 Å². The Morgan fingerprint density at radius 2 is 1.68 bits per heavy atom. The quantitative estimate of drug-likeness (QED) is 0.631. The summed E-state index contributed by atoms with van der Waals surface area (Å²) >= 11 is 0. The third kappa shape index (κ3) is 3.47. The van der Waals surface area contributed by atoms with Crippen LogP contribution in [0.2, 0.25) is 0 Å². The number of anilines is 1. The van der Waals surface area contributed by atoms with Crippen LogP contribution in [0.3, 0.4) is 0 Å². The molecule has 7 nitrogen and oxygen atoms in total. The van der Waals surface area contributed by atoms with E-state index in [1.807, 2.05) is 23.6 Å². The maximum Gasteiger partial charge on any atom is 0.320 e. The number of piperazine rings is 1. The Morgan fingerprint density at radius 3 is 2.14 bits per heavy atom. The van der Waals surface area contributed by atoms with E-state index >= 15 is 0 Å². The van der Waals surface area contributed by atoms with Crippen LogP contribution in [-0.2, 0) is 0 Å². The molecule has 1 heterocycles. The fraction of sp³-hybridized carbons (Fsp3) is 0.533. The summed E-state index contributed by atoms with van der Waals surface area (Å²) in [6.45, 7) is 8.23. The van der Waals surface area contributed by atoms with Crippen LogP contribution in [0.1, 0.15) is 13.8 Å². The van der Waals surface area contributed by atoms with Gasteiger partial charge in [0.2, 0.25) is 0 Å². The van der Waals surface area contributed by atoms with Gasteiger partial charge in [-0.05, 0) is 26.0 Å². The Kier molecular flexibility index (Phi) is 5.19. The van der Waals surface area contributed by atoms with Crippen molar-refractivity contribution >= 4 is 17.4 Å². The fourth-order valence-electron chi connectivity index (χ4n) is 2.64. The largest absolute Gasteiger partial charge is 0.368 e. The van der Waals surface area contributed by atoms with Crippen LogP contribution in [0.25, 0.3) is 0 Å². The van der Waals surface area contributed by atoms with Crippen molar-refractivity contribution in [1.82, 2.24) is 9.80 Å². The molecule has 0 atom stereocenters. The number of hydrogen-bond acceptors (Lipinski definition) is 4. The van der Waals surface area contributed by atoms with Gasteiger partial charge in [0.25, 0.3) is 5.69 Å². The lowest BCUT2D eigenvalue weighted by molar-refractivity contribution is -0.384. The first-order chi connectivity index (χ1) is 10.6. The molecule has 0 aromatic heterocycles. The number of hydrogen-bond donors (Lipinski definition) is 0. The molecule has 1 fully saturated rings. The van der Waals surface area contributed by atoms with Crippen LogP contribution in [-0.4, -0.2) is 60.0 Å². The highest BCUT2D eigenvalue weighted by Crippen LogP contribution is 2.20. The molecule has 0 radical (unpaired) electrons. The average molecular weight is 306 g/mol. The normalized spacial score (nSPS) is 14.8. The second kappa shape index (κ2) is 7.11. The van der Waals surface area contributed by atoms with E-state index in [0.717, 1.165) is 31.9 Å². The summed E-state index contributed by atoms with van der Waals surface area (Å²) in [5, 5.41) is 10.7. The number of rotatable bonds is 4. The van der Waals surface area contributed by atoms with Crippen LogP contribution in [0.5, 0.6) is 0 Å². The third-order valence-electron chi connectivity index (χ3n) is 4.01. The Labute approximate surface area is 130 Å². The molecule has 0 N–H and O–H groups in total. The molecule has 0 unspecified atom stereocenters. The summed E-state index contributed by atoms with van der Waals surface area (Å²) < 4.78 is 0. The number of nitro groups is 1. The standard InChI is InChI=1S/C15H22N4O3/c1-3-16(4-2)15(20)18-11-9-17(10-12-18)13-5-7-14(8-6-13)19(21)22/h5-8H,3-4,9-12H2,1-2H3. The average Bonchev–Trinajstić information content (AvgIpc) is 2.56. The lowest BCUT2D eigenvalue weighted by atomic mass is 10.2. The summed E-state index contributed by atoms with van der Waals surface area (Å²) in [5.41, 5.74) is 1.06. The molecule has 2 rings (SSSR count). The van der Waals surface area contributed by atoms with E-state index in [1.165, 1.54) is 12.1 Å². The molecule has 1 aliphatic heterocycles. The van der Waals surface area contributed by atoms with E-state index in [0.29, 0.717) is 13.1 Å². The predicted molar refractivity (Wildman–Crippen MR) is 85.2 cm³/mol. The first-order valence-electron chi connectivity index (χ1n) is 7.60. The second-order valence-corrected chi connectivity index (χ2v) is 5.20. The van der Waals surface area contributed by atoms with E-state index in [-0.39, 0.29) is 11.7 Å². The Morgan fingerprint density at radius 1 is 1.14 bits per heavy atom. The van der Waals surface area contributed by atoms with Gasteiger partial charge in [0.1, 0.15) is 0 Å². The molecule has 1 aliphatic rings. The topological polar surface area (TPSA) is 69.9 Å². The third-order valence-corrected chi connectivity index (χ3v) is 4.01. The van der Waals surface area contributed by atoms with Crippen LogP contribution < -0.4 is 4.90 Å². The fourth-order valence-corrected chi connectivity index (χ4v) is 2.64. The van der Waals surface area contributed by atoms with Crippen LogP contribution >= 0.6 is 0 Å². The molecular weight excluding hydrogens is 284 g/mol. The molecule has 0 aliphatic carbocycles. The van der Waals surface area contributed by atoms with Gasteiger partial charge in [-0.25, -0.2) is 4.79 Å². The van der Waals surface area contributed by atoms with Gasteiger partial charge in [0, 0.05) is 57.1 Å². The van der Waals surface area contributed by atoms with Gasteiger partial charge in [-0.2, -0.15) is 0 Å². The van der Waals surface area contributed by atoms with Gasteiger partial charge in [-0.3, -0.25) is 10.1 Å². The SMILES string of the molecule is CCN(CC)C(=O)N1CCN(c2ccc([N+](=O)[O-])cc2)CC1. The lowest BCUT2D eigenvalue weighted by Crippen LogP contribution is -2.52. The zero-order valence-electron chi connectivity index (χ0n) is 13.1. The minimum Gasteiger partial charge on any atom is -0.368 e. The van der Waals surface area contributed by atoms with E-state index in [1.54, 1.807) is 12.1 Å². The summed E-state index contributed by atoms with van der Waals surface area (Å²) in [7, 11) is 0. The highest BCUT2D eigenvalue weighted by atomic mass is 16.6. The molecule has 1 aromatic rings. The highest BCUT2D eigenvalue weighted by Gasteiger charge is 2.24. The van der Waals surface area contributed by atoms with Crippen molar-refractivity contribution in [2.45, 2.75) is 13.8 Å². The number of amides is 2. The van der Waals surface area contributed by atoms with Crippen molar-refractivity contribution < 1.29 is 9.72 Å². The molecule has 0 spiro atoms. The van der Waals surface area contributed by atoms with E-state index in [9.17, 15) is 14.9 Å². The number of carbonyl (C=O) groups is 1. The van der Waals surface area contributed by atoms with Gasteiger partial charge >= 0.3 is 6.03 Å². The molecule has 22 heavy (non-hydrogen) atoms. The van der Waals surface area contributed by atoms with Gasteiger partial charge in [0.15, 0.2) is 0 Å². The van der Waals surface area contributed by atoms with Crippen molar-refractivity contribution in [2.24, 2.45) is 0 Å². The molecular formula is C15H22N4O3. The first-order valence-corrected chi connectivity index (χ1v) is 7.60. The van der Waals surface area contributed by atoms with Crippen LogP contribution in [0.4, 0.5) is 16.2 Å². The zero-order valence-corrected chi connectivity index (χ0v) is 13.1. The van der Waals surface area contributed by atoms with Gasteiger partial charge in [0.05, 0.1) is 4.92 Å².